The third kappa shape index (κ3) is 3.70. The van der Waals surface area contributed by atoms with E-state index in [2.05, 4.69) is 0 Å². The molecule has 0 bridgehead atoms. The minimum Gasteiger partial charge on any atom is -0.459 e. The number of hydrogen-bond acceptors (Lipinski definition) is 3. The van der Waals surface area contributed by atoms with Gasteiger partial charge in [-0.05, 0) is 18.4 Å². The Bertz CT molecular complexity index is 411. The van der Waals surface area contributed by atoms with Gasteiger partial charge < -0.3 is 9.84 Å². The van der Waals surface area contributed by atoms with E-state index >= 15 is 0 Å². The fourth-order valence-corrected chi connectivity index (χ4v) is 2.02. The molecule has 1 aliphatic rings. The van der Waals surface area contributed by atoms with Crippen molar-refractivity contribution in [1.82, 2.24) is 0 Å². The predicted molar refractivity (Wildman–Crippen MR) is 69.0 cm³/mol. The van der Waals surface area contributed by atoms with Crippen molar-refractivity contribution in [2.75, 3.05) is 0 Å². The normalized spacial score (nSPS) is 22.7. The zero-order valence-corrected chi connectivity index (χ0v) is 10.3. The smallest absolute Gasteiger partial charge is 0.306 e. The molecule has 1 N–H and O–H groups in total. The monoisotopic (exact) mass is 246 g/mol. The molecule has 2 rings (SSSR count). The summed E-state index contributed by atoms with van der Waals surface area (Å²) in [7, 11) is 0. The summed E-state index contributed by atoms with van der Waals surface area (Å²) in [6.45, 7) is 0. The Hall–Kier alpha value is -1.61. The first-order valence-corrected chi connectivity index (χ1v) is 6.32. The van der Waals surface area contributed by atoms with Gasteiger partial charge in [-0.25, -0.2) is 0 Å². The highest BCUT2D eigenvalue weighted by Crippen LogP contribution is 2.16. The molecular formula is C15H18O3. The highest BCUT2D eigenvalue weighted by atomic mass is 16.6. The van der Waals surface area contributed by atoms with Gasteiger partial charge in [0.2, 0.25) is 0 Å². The van der Waals surface area contributed by atoms with E-state index in [0.717, 1.165) is 5.56 Å². The first-order valence-electron chi connectivity index (χ1n) is 6.32. The maximum Gasteiger partial charge on any atom is 0.306 e. The summed E-state index contributed by atoms with van der Waals surface area (Å²) in [5.74, 6) is -0.238. The number of hydrogen-bond donors (Lipinski definition) is 1. The Morgan fingerprint density at radius 1 is 1.22 bits per heavy atom. The predicted octanol–water partition coefficient (Wildman–Crippen LogP) is 2.24. The van der Waals surface area contributed by atoms with Gasteiger partial charge in [0.1, 0.15) is 6.10 Å². The van der Waals surface area contributed by atoms with Gasteiger partial charge in [-0.2, -0.15) is 0 Å². The van der Waals surface area contributed by atoms with Crippen molar-refractivity contribution < 1.29 is 14.6 Å². The number of carbonyl (C=O) groups excluding carboxylic acids is 1. The number of aryl methyl sites for hydroxylation is 1. The molecule has 0 aromatic heterocycles. The van der Waals surface area contributed by atoms with Gasteiger partial charge in [0, 0.05) is 12.8 Å². The highest BCUT2D eigenvalue weighted by Gasteiger charge is 2.23. The molecule has 1 aromatic carbocycles. The average molecular weight is 246 g/mol. The zero-order valence-electron chi connectivity index (χ0n) is 10.3. The topological polar surface area (TPSA) is 46.5 Å². The standard InChI is InChI=1S/C15H18O3/c16-13-8-4-5-9-14(13)18-15(17)11-10-12-6-2-1-3-7-12/h1-7,13-14,16H,8-11H2/t13-,14-/m0/s1. The molecule has 0 fully saturated rings. The minimum atomic E-state index is -0.560. The number of aliphatic hydroxyl groups excluding tert-OH is 1. The third-order valence-electron chi connectivity index (χ3n) is 3.09. The van der Waals surface area contributed by atoms with Gasteiger partial charge >= 0.3 is 5.97 Å². The SMILES string of the molecule is O=C(CCc1ccccc1)O[C@H]1CC=CC[C@@H]1O. The largest absolute Gasteiger partial charge is 0.459 e. The lowest BCUT2D eigenvalue weighted by Crippen LogP contribution is -2.32. The Labute approximate surface area is 107 Å². The average Bonchev–Trinajstić information content (AvgIpc) is 2.40. The minimum absolute atomic E-state index is 0.238. The van der Waals surface area contributed by atoms with Crippen molar-refractivity contribution in [2.45, 2.75) is 37.9 Å². The Balaban J connectivity index is 1.77. The molecule has 96 valence electrons. The van der Waals surface area contributed by atoms with Crippen LogP contribution in [0, 0.1) is 0 Å². The van der Waals surface area contributed by atoms with Crippen molar-refractivity contribution in [3.63, 3.8) is 0 Å². The van der Waals surface area contributed by atoms with E-state index in [0.29, 0.717) is 25.7 Å². The first kappa shape index (κ1) is 12.8. The maximum atomic E-state index is 11.7. The van der Waals surface area contributed by atoms with Crippen molar-refractivity contribution in [3.8, 4) is 0 Å². The summed E-state index contributed by atoms with van der Waals surface area (Å²) in [6.07, 6.45) is 5.14. The number of ether oxygens (including phenoxy) is 1. The van der Waals surface area contributed by atoms with E-state index in [1.165, 1.54) is 0 Å². The molecule has 1 aliphatic carbocycles. The fraction of sp³-hybridized carbons (Fsp3) is 0.400. The summed E-state index contributed by atoms with van der Waals surface area (Å²) in [5.41, 5.74) is 1.12. The zero-order chi connectivity index (χ0) is 12.8. The number of carbonyl (C=O) groups is 1. The molecule has 3 nitrogen and oxygen atoms in total. The van der Waals surface area contributed by atoms with Gasteiger partial charge in [-0.15, -0.1) is 0 Å². The van der Waals surface area contributed by atoms with Crippen molar-refractivity contribution in [1.29, 1.82) is 0 Å². The Morgan fingerprint density at radius 2 is 1.94 bits per heavy atom. The Kier molecular flexibility index (Phi) is 4.53. The molecule has 2 atom stereocenters. The lowest BCUT2D eigenvalue weighted by Gasteiger charge is -2.24. The quantitative estimate of drug-likeness (QED) is 0.654. The molecule has 0 radical (unpaired) electrons. The second kappa shape index (κ2) is 6.36. The number of aliphatic hydroxyl groups is 1. The Morgan fingerprint density at radius 3 is 2.67 bits per heavy atom. The number of esters is 1. The van der Waals surface area contributed by atoms with Gasteiger partial charge in [0.05, 0.1) is 6.10 Å². The van der Waals surface area contributed by atoms with Gasteiger partial charge in [-0.3, -0.25) is 4.79 Å². The van der Waals surface area contributed by atoms with E-state index in [1.807, 2.05) is 42.5 Å². The summed E-state index contributed by atoms with van der Waals surface area (Å²) in [6, 6.07) is 9.84. The molecule has 18 heavy (non-hydrogen) atoms. The third-order valence-corrected chi connectivity index (χ3v) is 3.09. The van der Waals surface area contributed by atoms with E-state index in [1.54, 1.807) is 0 Å². The molecule has 0 aliphatic heterocycles. The van der Waals surface area contributed by atoms with Crippen LogP contribution in [0.3, 0.4) is 0 Å². The molecular weight excluding hydrogens is 228 g/mol. The van der Waals surface area contributed by atoms with Crippen molar-refractivity contribution >= 4 is 5.97 Å². The molecule has 0 saturated heterocycles. The van der Waals surface area contributed by atoms with Crippen LogP contribution in [0.2, 0.25) is 0 Å². The van der Waals surface area contributed by atoms with Crippen LogP contribution in [-0.2, 0) is 16.0 Å². The van der Waals surface area contributed by atoms with Crippen LogP contribution in [0.25, 0.3) is 0 Å². The van der Waals surface area contributed by atoms with Crippen LogP contribution < -0.4 is 0 Å². The van der Waals surface area contributed by atoms with Crippen molar-refractivity contribution in [2.24, 2.45) is 0 Å². The number of benzene rings is 1. The van der Waals surface area contributed by atoms with Gasteiger partial charge in [0.25, 0.3) is 0 Å². The van der Waals surface area contributed by atoms with E-state index in [4.69, 9.17) is 4.74 Å². The lowest BCUT2D eigenvalue weighted by molar-refractivity contribution is -0.155. The first-order chi connectivity index (χ1) is 8.75. The summed E-state index contributed by atoms with van der Waals surface area (Å²) < 4.78 is 5.29. The second-order valence-corrected chi connectivity index (χ2v) is 4.52. The van der Waals surface area contributed by atoms with Crippen LogP contribution in [0.4, 0.5) is 0 Å². The molecule has 0 heterocycles. The van der Waals surface area contributed by atoms with Crippen LogP contribution in [-0.4, -0.2) is 23.3 Å². The highest BCUT2D eigenvalue weighted by molar-refractivity contribution is 5.70. The van der Waals surface area contributed by atoms with Gasteiger partial charge in [-0.1, -0.05) is 42.5 Å². The summed E-state index contributed by atoms with van der Waals surface area (Å²) in [4.78, 5) is 11.7. The molecule has 0 unspecified atom stereocenters. The molecule has 1 aromatic rings. The van der Waals surface area contributed by atoms with Crippen LogP contribution in [0.15, 0.2) is 42.5 Å². The molecule has 0 amide bonds. The fourth-order valence-electron chi connectivity index (χ4n) is 2.02. The van der Waals surface area contributed by atoms with Crippen LogP contribution in [0.1, 0.15) is 24.8 Å². The van der Waals surface area contributed by atoms with Gasteiger partial charge in [0.15, 0.2) is 0 Å². The summed E-state index contributed by atoms with van der Waals surface area (Å²) in [5, 5.41) is 9.67. The molecule has 0 saturated carbocycles. The number of rotatable bonds is 4. The lowest BCUT2D eigenvalue weighted by atomic mass is 10.0. The van der Waals surface area contributed by atoms with E-state index in [9.17, 15) is 9.90 Å². The van der Waals surface area contributed by atoms with Crippen LogP contribution >= 0.6 is 0 Å². The molecule has 3 heteroatoms. The van der Waals surface area contributed by atoms with Crippen LogP contribution in [0.5, 0.6) is 0 Å². The maximum absolute atomic E-state index is 11.7. The van der Waals surface area contributed by atoms with Crippen molar-refractivity contribution in [3.05, 3.63) is 48.0 Å². The van der Waals surface area contributed by atoms with E-state index in [-0.39, 0.29) is 12.1 Å². The summed E-state index contributed by atoms with van der Waals surface area (Å²) >= 11 is 0. The molecule has 0 spiro atoms. The second-order valence-electron chi connectivity index (χ2n) is 4.52. The van der Waals surface area contributed by atoms with E-state index < -0.39 is 6.10 Å².